The number of carbonyl (C=O) groups is 2. The van der Waals surface area contributed by atoms with Gasteiger partial charge in [-0.2, -0.15) is 0 Å². The third-order valence-corrected chi connectivity index (χ3v) is 5.77. The molecule has 0 saturated heterocycles. The van der Waals surface area contributed by atoms with Gasteiger partial charge < -0.3 is 54.7 Å². The third kappa shape index (κ3) is 19.1. The number of allylic oxidation sites excluding steroid dienone is 13. The summed E-state index contributed by atoms with van der Waals surface area (Å²) in [7, 11) is 0. The molecule has 0 aromatic carbocycles. The monoisotopic (exact) mass is 640 g/mol. The zero-order valence-electron chi connectivity index (χ0n) is 26.5. The molecule has 13 nitrogen and oxygen atoms in total. The average molecular weight is 641 g/mol. The van der Waals surface area contributed by atoms with Crippen LogP contribution in [0.25, 0.3) is 0 Å². The lowest BCUT2D eigenvalue weighted by Crippen LogP contribution is -2.45. The molecule has 0 aliphatic carbocycles. The maximum atomic E-state index is 12.6. The first kappa shape index (κ1) is 41.9. The highest BCUT2D eigenvalue weighted by atomic mass is 16.8. The summed E-state index contributed by atoms with van der Waals surface area (Å²) in [5, 5.41) is 67.4. The zero-order chi connectivity index (χ0) is 34.5. The maximum absolute atomic E-state index is 12.6. The molecule has 0 heterocycles. The van der Waals surface area contributed by atoms with Crippen molar-refractivity contribution in [3.63, 3.8) is 0 Å². The van der Waals surface area contributed by atoms with Crippen molar-refractivity contribution in [3.05, 3.63) is 83.1 Å². The molecule has 0 spiro atoms. The molecule has 0 rings (SSSR count). The molecule has 0 aliphatic heterocycles. The third-order valence-electron chi connectivity index (χ3n) is 5.77. The standard InChI is InChI=1S/C32H48O13/c1-20(13-9-15-22(3)17-33)11-7-8-12-21(2)14-10-16-23(4)30(41)45-32(29(39)40)44-27(25(6)36)19-42-31(28(37)38)43-26(18-34)24(5)35/h7-17,24-29,31-32,34-40H,18-19H2,1-6H3/b8-7+,13-9+,14-10+,20-11+,21-12+,22-15+,23-16+/t24-,25-,26?,27?,31?,32?/m0/s1. The quantitative estimate of drug-likeness (QED) is 0.0307. The molecule has 0 aliphatic rings. The van der Waals surface area contributed by atoms with Crippen molar-refractivity contribution in [2.24, 2.45) is 0 Å². The number of rotatable bonds is 21. The number of ether oxygens (including phenoxy) is 4. The lowest BCUT2D eigenvalue weighted by molar-refractivity contribution is -0.305. The number of hydrogen-bond acceptors (Lipinski definition) is 13. The van der Waals surface area contributed by atoms with Gasteiger partial charge in [0.25, 0.3) is 6.29 Å². The largest absolute Gasteiger partial charge is 0.427 e. The van der Waals surface area contributed by atoms with Crippen LogP contribution in [0.3, 0.4) is 0 Å². The van der Waals surface area contributed by atoms with Gasteiger partial charge in [0.2, 0.25) is 18.9 Å². The summed E-state index contributed by atoms with van der Waals surface area (Å²) < 4.78 is 20.7. The summed E-state index contributed by atoms with van der Waals surface area (Å²) in [4.78, 5) is 23.1. The predicted octanol–water partition coefficient (Wildman–Crippen LogP) is 0.997. The van der Waals surface area contributed by atoms with Crippen LogP contribution in [0.15, 0.2) is 83.1 Å². The van der Waals surface area contributed by atoms with Crippen LogP contribution in [0.1, 0.15) is 41.5 Å². The molecule has 6 atom stereocenters. The predicted molar refractivity (Wildman–Crippen MR) is 165 cm³/mol. The van der Waals surface area contributed by atoms with E-state index in [2.05, 4.69) is 0 Å². The van der Waals surface area contributed by atoms with E-state index in [0.29, 0.717) is 5.57 Å². The Balaban J connectivity index is 5.29. The highest BCUT2D eigenvalue weighted by Crippen LogP contribution is 2.14. The van der Waals surface area contributed by atoms with Gasteiger partial charge in [-0.1, -0.05) is 71.9 Å². The highest BCUT2D eigenvalue weighted by molar-refractivity contribution is 5.88. The first-order valence-electron chi connectivity index (χ1n) is 14.1. The first-order chi connectivity index (χ1) is 21.1. The van der Waals surface area contributed by atoms with E-state index >= 15 is 0 Å². The molecule has 0 saturated carbocycles. The molecule has 0 aromatic heterocycles. The van der Waals surface area contributed by atoms with Crippen LogP contribution in [0.4, 0.5) is 0 Å². The second kappa shape index (κ2) is 23.3. The van der Waals surface area contributed by atoms with Gasteiger partial charge in [-0.15, -0.1) is 0 Å². The van der Waals surface area contributed by atoms with Gasteiger partial charge in [0.15, 0.2) is 0 Å². The number of aliphatic hydroxyl groups is 7. The number of aldehydes is 1. The van der Waals surface area contributed by atoms with Crippen LogP contribution in [0.2, 0.25) is 0 Å². The summed E-state index contributed by atoms with van der Waals surface area (Å²) in [6.07, 6.45) is 4.92. The molecule has 0 amide bonds. The van der Waals surface area contributed by atoms with E-state index in [1.165, 1.54) is 26.8 Å². The smallest absolute Gasteiger partial charge is 0.336 e. The zero-order valence-corrected chi connectivity index (χ0v) is 26.5. The van der Waals surface area contributed by atoms with Gasteiger partial charge in [0.05, 0.1) is 25.4 Å². The van der Waals surface area contributed by atoms with Gasteiger partial charge in [0.1, 0.15) is 18.5 Å². The molecule has 4 unspecified atom stereocenters. The van der Waals surface area contributed by atoms with E-state index in [1.54, 1.807) is 31.2 Å². The van der Waals surface area contributed by atoms with Crippen molar-refractivity contribution in [1.29, 1.82) is 0 Å². The van der Waals surface area contributed by atoms with Crippen molar-refractivity contribution in [2.75, 3.05) is 13.2 Å². The molecular formula is C32H48O13. The second-order valence-electron chi connectivity index (χ2n) is 10.1. The van der Waals surface area contributed by atoms with Crippen molar-refractivity contribution in [1.82, 2.24) is 0 Å². The lowest BCUT2D eigenvalue weighted by Gasteiger charge is -2.30. The Morgan fingerprint density at radius 2 is 1.13 bits per heavy atom. The molecule has 0 aromatic rings. The van der Waals surface area contributed by atoms with E-state index in [0.717, 1.165) is 17.4 Å². The van der Waals surface area contributed by atoms with Crippen molar-refractivity contribution < 1.29 is 64.3 Å². The molecule has 45 heavy (non-hydrogen) atoms. The van der Waals surface area contributed by atoms with Crippen molar-refractivity contribution >= 4 is 12.3 Å². The van der Waals surface area contributed by atoms with Crippen molar-refractivity contribution in [3.8, 4) is 0 Å². The summed E-state index contributed by atoms with van der Waals surface area (Å²) >= 11 is 0. The molecule has 0 fully saturated rings. The van der Waals surface area contributed by atoms with E-state index in [9.17, 15) is 45.3 Å². The lowest BCUT2D eigenvalue weighted by atomic mass is 10.2. The Hall–Kier alpha value is -3.08. The Labute approximate surface area is 264 Å². The highest BCUT2D eigenvalue weighted by Gasteiger charge is 2.32. The van der Waals surface area contributed by atoms with E-state index in [1.807, 2.05) is 44.2 Å². The SMILES string of the molecule is C\C(C=O)=C/C=C/C(C)=C/C=C/C=C(C)/C=C/C=C(\C)C(=O)OC(OC(COC(OC(CO)[C@H](C)O)C(O)O)[C@H](C)O)C(O)O. The molecule has 0 bridgehead atoms. The van der Waals surface area contributed by atoms with Crippen LogP contribution >= 0.6 is 0 Å². The summed E-state index contributed by atoms with van der Waals surface area (Å²) in [6, 6.07) is 0. The number of carbonyl (C=O) groups excluding carboxylic acids is 2. The Morgan fingerprint density at radius 3 is 1.58 bits per heavy atom. The Bertz CT molecular complexity index is 1090. The summed E-state index contributed by atoms with van der Waals surface area (Å²) in [5.74, 6) is -0.953. The van der Waals surface area contributed by atoms with Gasteiger partial charge in [-0.3, -0.25) is 4.79 Å². The topological polar surface area (TPSA) is 213 Å². The number of esters is 1. The van der Waals surface area contributed by atoms with E-state index in [4.69, 9.17) is 18.9 Å². The summed E-state index contributed by atoms with van der Waals surface area (Å²) in [5.41, 5.74) is 2.55. The van der Waals surface area contributed by atoms with Crippen LogP contribution < -0.4 is 0 Å². The summed E-state index contributed by atoms with van der Waals surface area (Å²) in [6.45, 7) is 8.19. The number of aliphatic hydroxyl groups excluding tert-OH is 5. The van der Waals surface area contributed by atoms with Crippen LogP contribution in [0, 0.1) is 0 Å². The Kier molecular flexibility index (Phi) is 21.7. The fourth-order valence-electron chi connectivity index (χ4n) is 3.02. The second-order valence-corrected chi connectivity index (χ2v) is 10.1. The maximum Gasteiger partial charge on any atom is 0.336 e. The normalized spacial score (nSPS) is 18.2. The molecule has 0 radical (unpaired) electrons. The average Bonchev–Trinajstić information content (AvgIpc) is 2.97. The van der Waals surface area contributed by atoms with E-state index in [-0.39, 0.29) is 5.57 Å². The van der Waals surface area contributed by atoms with Crippen LogP contribution in [0.5, 0.6) is 0 Å². The molecule has 254 valence electrons. The van der Waals surface area contributed by atoms with Crippen LogP contribution in [-0.2, 0) is 28.5 Å². The van der Waals surface area contributed by atoms with Gasteiger partial charge in [0, 0.05) is 5.57 Å². The minimum Gasteiger partial charge on any atom is -0.427 e. The van der Waals surface area contributed by atoms with E-state index < -0.39 is 68.8 Å². The van der Waals surface area contributed by atoms with Gasteiger partial charge >= 0.3 is 5.97 Å². The molecule has 13 heteroatoms. The molecule has 7 N–H and O–H groups in total. The first-order valence-corrected chi connectivity index (χ1v) is 14.1. The van der Waals surface area contributed by atoms with Gasteiger partial charge in [-0.25, -0.2) is 4.79 Å². The fourth-order valence-corrected chi connectivity index (χ4v) is 3.02. The Morgan fingerprint density at radius 1 is 0.667 bits per heavy atom. The number of hydrogen-bond donors (Lipinski definition) is 7. The minimum absolute atomic E-state index is 0.0861. The fraction of sp³-hybridized carbons (Fsp3) is 0.500. The van der Waals surface area contributed by atoms with Crippen molar-refractivity contribution in [2.45, 2.75) is 91.1 Å². The van der Waals surface area contributed by atoms with Crippen LogP contribution in [-0.4, -0.2) is 111 Å². The molecular weight excluding hydrogens is 592 g/mol. The minimum atomic E-state index is -2.31. The van der Waals surface area contributed by atoms with Gasteiger partial charge in [-0.05, 0) is 47.1 Å².